The van der Waals surface area contributed by atoms with E-state index in [-0.39, 0.29) is 10.2 Å². The summed E-state index contributed by atoms with van der Waals surface area (Å²) in [7, 11) is 0. The molecular weight excluding hydrogens is 254 g/mol. The zero-order valence-electron chi connectivity index (χ0n) is 8.20. The Hall–Kier alpha value is -0.640. The number of halogens is 3. The van der Waals surface area contributed by atoms with Crippen LogP contribution in [0.5, 0.6) is 5.75 Å². The summed E-state index contributed by atoms with van der Waals surface area (Å²) in [5.74, 6) is -1.29. The number of hydrogen-bond donors (Lipinski definition) is 0. The van der Waals surface area contributed by atoms with Crippen LogP contribution in [-0.4, -0.2) is 5.60 Å². The lowest BCUT2D eigenvalue weighted by Crippen LogP contribution is -2.23. The van der Waals surface area contributed by atoms with Crippen LogP contribution < -0.4 is 4.74 Å². The predicted molar refractivity (Wildman–Crippen MR) is 54.4 cm³/mol. The van der Waals surface area contributed by atoms with E-state index in [2.05, 4.69) is 15.9 Å². The molecule has 0 saturated heterocycles. The van der Waals surface area contributed by atoms with E-state index >= 15 is 0 Å². The molecule has 1 rings (SSSR count). The van der Waals surface area contributed by atoms with Crippen LogP contribution in [0.15, 0.2) is 16.6 Å². The van der Waals surface area contributed by atoms with Gasteiger partial charge in [0.05, 0.1) is 4.47 Å². The minimum atomic E-state index is -0.702. The van der Waals surface area contributed by atoms with Gasteiger partial charge in [-0.15, -0.1) is 0 Å². The van der Waals surface area contributed by atoms with Gasteiger partial charge in [0.2, 0.25) is 0 Å². The van der Waals surface area contributed by atoms with Gasteiger partial charge in [-0.25, -0.2) is 8.78 Å². The van der Waals surface area contributed by atoms with Crippen LogP contribution in [0.4, 0.5) is 8.78 Å². The van der Waals surface area contributed by atoms with Crippen molar-refractivity contribution >= 4 is 15.9 Å². The van der Waals surface area contributed by atoms with E-state index in [1.165, 1.54) is 6.07 Å². The fraction of sp³-hybridized carbons (Fsp3) is 0.400. The maximum atomic E-state index is 13.2. The van der Waals surface area contributed by atoms with E-state index in [1.54, 1.807) is 20.8 Å². The quantitative estimate of drug-likeness (QED) is 0.748. The highest BCUT2D eigenvalue weighted by molar-refractivity contribution is 9.10. The summed E-state index contributed by atoms with van der Waals surface area (Å²) in [6, 6.07) is 1.97. The molecule has 0 aliphatic carbocycles. The Bertz CT molecular complexity index is 321. The van der Waals surface area contributed by atoms with Crippen molar-refractivity contribution in [3.63, 3.8) is 0 Å². The summed E-state index contributed by atoms with van der Waals surface area (Å²) >= 11 is 3.05. The second-order valence-corrected chi connectivity index (χ2v) is 4.77. The summed E-state index contributed by atoms with van der Waals surface area (Å²) in [4.78, 5) is 0. The molecule has 0 amide bonds. The fourth-order valence-electron chi connectivity index (χ4n) is 0.933. The molecule has 1 nitrogen and oxygen atoms in total. The maximum Gasteiger partial charge on any atom is 0.170 e. The van der Waals surface area contributed by atoms with Crippen molar-refractivity contribution in [2.45, 2.75) is 26.4 Å². The summed E-state index contributed by atoms with van der Waals surface area (Å²) in [5.41, 5.74) is -0.513. The molecule has 0 atom stereocenters. The second-order valence-electron chi connectivity index (χ2n) is 3.91. The van der Waals surface area contributed by atoms with Crippen LogP contribution in [0.3, 0.4) is 0 Å². The molecule has 0 aliphatic heterocycles. The Morgan fingerprint density at radius 2 is 1.79 bits per heavy atom. The SMILES string of the molecule is CC(C)(C)Oc1c(F)cc(F)cc1Br. The van der Waals surface area contributed by atoms with Crippen molar-refractivity contribution in [1.29, 1.82) is 0 Å². The Morgan fingerprint density at radius 3 is 2.21 bits per heavy atom. The minimum Gasteiger partial charge on any atom is -0.484 e. The van der Waals surface area contributed by atoms with E-state index < -0.39 is 17.2 Å². The first kappa shape index (κ1) is 11.4. The molecule has 0 unspecified atom stereocenters. The highest BCUT2D eigenvalue weighted by Crippen LogP contribution is 2.31. The number of ether oxygens (including phenoxy) is 1. The van der Waals surface area contributed by atoms with Crippen molar-refractivity contribution < 1.29 is 13.5 Å². The van der Waals surface area contributed by atoms with Gasteiger partial charge in [-0.2, -0.15) is 0 Å². The molecular formula is C10H11BrF2O. The Morgan fingerprint density at radius 1 is 1.21 bits per heavy atom. The number of rotatable bonds is 1. The Labute approximate surface area is 90.2 Å². The lowest BCUT2D eigenvalue weighted by Gasteiger charge is -2.22. The van der Waals surface area contributed by atoms with Gasteiger partial charge in [-0.3, -0.25) is 0 Å². The molecule has 0 aromatic heterocycles. The molecule has 0 radical (unpaired) electrons. The van der Waals surface area contributed by atoms with Gasteiger partial charge < -0.3 is 4.74 Å². The largest absolute Gasteiger partial charge is 0.484 e. The van der Waals surface area contributed by atoms with E-state index in [9.17, 15) is 8.78 Å². The first-order valence-corrected chi connectivity index (χ1v) is 4.92. The molecule has 0 aliphatic rings. The molecule has 0 saturated carbocycles. The van der Waals surface area contributed by atoms with Gasteiger partial charge in [0.1, 0.15) is 11.4 Å². The van der Waals surface area contributed by atoms with Gasteiger partial charge in [0.25, 0.3) is 0 Å². The second kappa shape index (κ2) is 3.85. The Balaban J connectivity index is 3.09. The smallest absolute Gasteiger partial charge is 0.170 e. The van der Waals surface area contributed by atoms with E-state index in [0.29, 0.717) is 0 Å². The van der Waals surface area contributed by atoms with Gasteiger partial charge in [0.15, 0.2) is 11.6 Å². The first-order chi connectivity index (χ1) is 6.29. The zero-order valence-corrected chi connectivity index (χ0v) is 9.78. The average Bonchev–Trinajstić information content (AvgIpc) is 1.95. The highest BCUT2D eigenvalue weighted by atomic mass is 79.9. The Kier molecular flexibility index (Phi) is 3.14. The first-order valence-electron chi connectivity index (χ1n) is 4.13. The molecule has 78 valence electrons. The minimum absolute atomic E-state index is 0.0406. The lowest BCUT2D eigenvalue weighted by molar-refractivity contribution is 0.123. The molecule has 0 heterocycles. The van der Waals surface area contributed by atoms with Crippen molar-refractivity contribution in [2.24, 2.45) is 0 Å². The van der Waals surface area contributed by atoms with E-state index in [0.717, 1.165) is 6.07 Å². The van der Waals surface area contributed by atoms with E-state index in [1.807, 2.05) is 0 Å². The zero-order chi connectivity index (χ0) is 10.9. The topological polar surface area (TPSA) is 9.23 Å². The third-order valence-electron chi connectivity index (χ3n) is 1.37. The van der Waals surface area contributed by atoms with Crippen molar-refractivity contribution in [2.75, 3.05) is 0 Å². The molecule has 4 heteroatoms. The summed E-state index contributed by atoms with van der Waals surface area (Å²) in [6.45, 7) is 5.38. The summed E-state index contributed by atoms with van der Waals surface area (Å²) < 4.78 is 31.6. The van der Waals surface area contributed by atoms with Gasteiger partial charge in [-0.05, 0) is 42.8 Å². The third kappa shape index (κ3) is 2.94. The van der Waals surface area contributed by atoms with Crippen LogP contribution in [0.25, 0.3) is 0 Å². The fourth-order valence-corrected chi connectivity index (χ4v) is 1.42. The summed E-state index contributed by atoms with van der Waals surface area (Å²) in [5, 5.41) is 0. The summed E-state index contributed by atoms with van der Waals surface area (Å²) in [6.07, 6.45) is 0. The normalized spacial score (nSPS) is 11.6. The number of benzene rings is 1. The van der Waals surface area contributed by atoms with Crippen molar-refractivity contribution in [1.82, 2.24) is 0 Å². The van der Waals surface area contributed by atoms with Crippen LogP contribution in [-0.2, 0) is 0 Å². The van der Waals surface area contributed by atoms with Crippen LogP contribution in [0.1, 0.15) is 20.8 Å². The molecule has 14 heavy (non-hydrogen) atoms. The maximum absolute atomic E-state index is 13.2. The number of hydrogen-bond acceptors (Lipinski definition) is 1. The van der Waals surface area contributed by atoms with Gasteiger partial charge in [0, 0.05) is 6.07 Å². The standard InChI is InChI=1S/C10H11BrF2O/c1-10(2,3)14-9-7(11)4-6(12)5-8(9)13/h4-5H,1-3H3. The highest BCUT2D eigenvalue weighted by Gasteiger charge is 2.18. The molecule has 0 spiro atoms. The van der Waals surface area contributed by atoms with Gasteiger partial charge in [-0.1, -0.05) is 0 Å². The molecule has 0 N–H and O–H groups in total. The predicted octanol–water partition coefficient (Wildman–Crippen LogP) is 3.90. The van der Waals surface area contributed by atoms with Gasteiger partial charge >= 0.3 is 0 Å². The van der Waals surface area contributed by atoms with E-state index in [4.69, 9.17) is 4.74 Å². The molecule has 1 aromatic rings. The molecule has 1 aromatic carbocycles. The van der Waals surface area contributed by atoms with Crippen LogP contribution in [0.2, 0.25) is 0 Å². The third-order valence-corrected chi connectivity index (χ3v) is 1.96. The lowest BCUT2D eigenvalue weighted by atomic mass is 10.2. The average molecular weight is 265 g/mol. The molecule has 0 fully saturated rings. The van der Waals surface area contributed by atoms with Crippen molar-refractivity contribution in [3.05, 3.63) is 28.2 Å². The monoisotopic (exact) mass is 264 g/mol. The van der Waals surface area contributed by atoms with Crippen molar-refractivity contribution in [3.8, 4) is 5.75 Å². The molecule has 0 bridgehead atoms. The van der Waals surface area contributed by atoms with Crippen LogP contribution in [0, 0.1) is 11.6 Å². The van der Waals surface area contributed by atoms with Crippen LogP contribution >= 0.6 is 15.9 Å².